The van der Waals surface area contributed by atoms with Gasteiger partial charge in [-0.05, 0) is 24.6 Å². The van der Waals surface area contributed by atoms with Crippen molar-refractivity contribution < 1.29 is 9.63 Å². The zero-order valence-electron chi connectivity index (χ0n) is 12.4. The molecule has 2 aromatic carbocycles. The van der Waals surface area contributed by atoms with E-state index in [2.05, 4.69) is 5.32 Å². The minimum atomic E-state index is -0.0919. The summed E-state index contributed by atoms with van der Waals surface area (Å²) in [4.78, 5) is 18.1. The van der Waals surface area contributed by atoms with Crippen molar-refractivity contribution >= 4 is 17.3 Å². The predicted octanol–water partition coefficient (Wildman–Crippen LogP) is 3.26. The van der Waals surface area contributed by atoms with E-state index in [1.807, 2.05) is 68.6 Å². The first-order valence-corrected chi connectivity index (χ1v) is 7.02. The summed E-state index contributed by atoms with van der Waals surface area (Å²) in [5, 5.41) is 4.45. The zero-order valence-corrected chi connectivity index (χ0v) is 12.4. The molecule has 0 aromatic heterocycles. The standard InChI is InChI=1S/C17H20N2O2/c1-3-21-19(16-12-8-7-11-15(16)18-2)17(20)13-14-9-5-4-6-10-14/h4-12,18H,3,13H2,1-2H3. The van der Waals surface area contributed by atoms with Gasteiger partial charge < -0.3 is 5.32 Å². The van der Waals surface area contributed by atoms with Gasteiger partial charge >= 0.3 is 0 Å². The SMILES string of the molecule is CCON(C(=O)Cc1ccccc1)c1ccccc1NC. The molecule has 0 heterocycles. The summed E-state index contributed by atoms with van der Waals surface area (Å²) >= 11 is 0. The highest BCUT2D eigenvalue weighted by atomic mass is 16.7. The number of nitrogens with one attached hydrogen (secondary N) is 1. The summed E-state index contributed by atoms with van der Waals surface area (Å²) < 4.78 is 0. The molecular formula is C17H20N2O2. The number of benzene rings is 2. The molecule has 0 saturated carbocycles. The summed E-state index contributed by atoms with van der Waals surface area (Å²) in [5.41, 5.74) is 2.55. The van der Waals surface area contributed by atoms with Crippen LogP contribution in [-0.4, -0.2) is 19.6 Å². The molecule has 0 fully saturated rings. The van der Waals surface area contributed by atoms with Crippen molar-refractivity contribution in [2.24, 2.45) is 0 Å². The summed E-state index contributed by atoms with van der Waals surface area (Å²) in [6.45, 7) is 2.30. The summed E-state index contributed by atoms with van der Waals surface area (Å²) in [7, 11) is 1.82. The third-order valence-corrected chi connectivity index (χ3v) is 3.08. The van der Waals surface area contributed by atoms with Gasteiger partial charge in [0.15, 0.2) is 0 Å². The van der Waals surface area contributed by atoms with Gasteiger partial charge in [-0.15, -0.1) is 0 Å². The number of amides is 1. The monoisotopic (exact) mass is 284 g/mol. The molecule has 0 bridgehead atoms. The van der Waals surface area contributed by atoms with Crippen LogP contribution in [0.1, 0.15) is 12.5 Å². The minimum absolute atomic E-state index is 0.0919. The van der Waals surface area contributed by atoms with E-state index in [0.717, 1.165) is 16.9 Å². The molecule has 0 aliphatic rings. The maximum absolute atomic E-state index is 12.5. The number of rotatable bonds is 6. The highest BCUT2D eigenvalue weighted by Gasteiger charge is 2.19. The zero-order chi connectivity index (χ0) is 15.1. The predicted molar refractivity (Wildman–Crippen MR) is 85.2 cm³/mol. The first kappa shape index (κ1) is 15.1. The number of para-hydroxylation sites is 2. The number of hydroxylamine groups is 1. The van der Waals surface area contributed by atoms with E-state index in [0.29, 0.717) is 13.0 Å². The lowest BCUT2D eigenvalue weighted by Gasteiger charge is -2.23. The summed E-state index contributed by atoms with van der Waals surface area (Å²) in [6, 6.07) is 17.2. The first-order valence-electron chi connectivity index (χ1n) is 7.02. The fraction of sp³-hybridized carbons (Fsp3) is 0.235. The van der Waals surface area contributed by atoms with Crippen LogP contribution in [-0.2, 0) is 16.1 Å². The second kappa shape index (κ2) is 7.45. The van der Waals surface area contributed by atoms with E-state index >= 15 is 0 Å². The van der Waals surface area contributed by atoms with Gasteiger partial charge in [-0.1, -0.05) is 42.5 Å². The molecular weight excluding hydrogens is 264 g/mol. The molecule has 1 N–H and O–H groups in total. The quantitative estimate of drug-likeness (QED) is 0.828. The molecule has 4 heteroatoms. The normalized spacial score (nSPS) is 10.2. The van der Waals surface area contributed by atoms with Crippen LogP contribution >= 0.6 is 0 Å². The van der Waals surface area contributed by atoms with Crippen LogP contribution in [0.5, 0.6) is 0 Å². The molecule has 0 radical (unpaired) electrons. The Labute approximate surface area is 125 Å². The fourth-order valence-corrected chi connectivity index (χ4v) is 2.11. The number of carbonyl (C=O) groups is 1. The number of anilines is 2. The Morgan fingerprint density at radius 1 is 1.10 bits per heavy atom. The average Bonchev–Trinajstić information content (AvgIpc) is 2.53. The fourth-order valence-electron chi connectivity index (χ4n) is 2.11. The summed E-state index contributed by atoms with van der Waals surface area (Å²) in [5.74, 6) is -0.0919. The second-order valence-electron chi connectivity index (χ2n) is 4.54. The topological polar surface area (TPSA) is 41.6 Å². The van der Waals surface area contributed by atoms with Gasteiger partial charge in [0, 0.05) is 7.05 Å². The Kier molecular flexibility index (Phi) is 5.35. The second-order valence-corrected chi connectivity index (χ2v) is 4.54. The maximum atomic E-state index is 12.5. The van der Waals surface area contributed by atoms with Crippen molar-refractivity contribution in [1.82, 2.24) is 0 Å². The van der Waals surface area contributed by atoms with Crippen LogP contribution in [0.25, 0.3) is 0 Å². The Hall–Kier alpha value is -2.33. The maximum Gasteiger partial charge on any atom is 0.255 e. The van der Waals surface area contributed by atoms with E-state index in [1.165, 1.54) is 5.06 Å². The van der Waals surface area contributed by atoms with Gasteiger partial charge in [0.05, 0.1) is 24.4 Å². The summed E-state index contributed by atoms with van der Waals surface area (Å²) in [6.07, 6.45) is 0.304. The van der Waals surface area contributed by atoms with Gasteiger partial charge in [-0.2, -0.15) is 5.06 Å². The van der Waals surface area contributed by atoms with E-state index in [9.17, 15) is 4.79 Å². The van der Waals surface area contributed by atoms with E-state index in [-0.39, 0.29) is 5.91 Å². The molecule has 21 heavy (non-hydrogen) atoms. The molecule has 1 amide bonds. The molecule has 0 atom stereocenters. The Morgan fingerprint density at radius 2 is 1.76 bits per heavy atom. The highest BCUT2D eigenvalue weighted by Crippen LogP contribution is 2.26. The van der Waals surface area contributed by atoms with Crippen molar-refractivity contribution in [2.75, 3.05) is 24.0 Å². The van der Waals surface area contributed by atoms with Gasteiger partial charge in [0.2, 0.25) is 0 Å². The largest absolute Gasteiger partial charge is 0.386 e. The van der Waals surface area contributed by atoms with Crippen LogP contribution in [0.15, 0.2) is 54.6 Å². The van der Waals surface area contributed by atoms with Gasteiger partial charge in [0.1, 0.15) is 0 Å². The number of nitrogens with zero attached hydrogens (tertiary/aromatic N) is 1. The third kappa shape index (κ3) is 3.83. The molecule has 2 aromatic rings. The molecule has 0 aliphatic heterocycles. The van der Waals surface area contributed by atoms with Gasteiger partial charge in [0.25, 0.3) is 5.91 Å². The minimum Gasteiger partial charge on any atom is -0.386 e. The average molecular weight is 284 g/mol. The Morgan fingerprint density at radius 3 is 2.43 bits per heavy atom. The van der Waals surface area contributed by atoms with E-state index in [1.54, 1.807) is 0 Å². The van der Waals surface area contributed by atoms with Gasteiger partial charge in [-0.3, -0.25) is 9.63 Å². The molecule has 4 nitrogen and oxygen atoms in total. The van der Waals surface area contributed by atoms with Crippen molar-refractivity contribution in [1.29, 1.82) is 0 Å². The highest BCUT2D eigenvalue weighted by molar-refractivity contribution is 5.95. The van der Waals surface area contributed by atoms with E-state index in [4.69, 9.17) is 4.84 Å². The molecule has 0 unspecified atom stereocenters. The first-order chi connectivity index (χ1) is 10.3. The molecule has 0 saturated heterocycles. The third-order valence-electron chi connectivity index (χ3n) is 3.08. The smallest absolute Gasteiger partial charge is 0.255 e. The molecule has 0 spiro atoms. The van der Waals surface area contributed by atoms with Crippen LogP contribution in [0.3, 0.4) is 0 Å². The lowest BCUT2D eigenvalue weighted by Crippen LogP contribution is -2.33. The lowest BCUT2D eigenvalue weighted by molar-refractivity contribution is -0.125. The van der Waals surface area contributed by atoms with Crippen LogP contribution in [0, 0.1) is 0 Å². The number of hydrogen-bond donors (Lipinski definition) is 1. The molecule has 0 aliphatic carbocycles. The Bertz CT molecular complexity index is 584. The van der Waals surface area contributed by atoms with Crippen molar-refractivity contribution in [2.45, 2.75) is 13.3 Å². The van der Waals surface area contributed by atoms with E-state index < -0.39 is 0 Å². The van der Waals surface area contributed by atoms with Gasteiger partial charge in [-0.25, -0.2) is 0 Å². The Balaban J connectivity index is 2.24. The number of hydrogen-bond acceptors (Lipinski definition) is 3. The van der Waals surface area contributed by atoms with Crippen molar-refractivity contribution in [3.8, 4) is 0 Å². The van der Waals surface area contributed by atoms with Crippen LogP contribution in [0.4, 0.5) is 11.4 Å². The van der Waals surface area contributed by atoms with Crippen molar-refractivity contribution in [3.63, 3.8) is 0 Å². The molecule has 2 rings (SSSR count). The van der Waals surface area contributed by atoms with Crippen LogP contribution in [0.2, 0.25) is 0 Å². The lowest BCUT2D eigenvalue weighted by atomic mass is 10.1. The van der Waals surface area contributed by atoms with Crippen LogP contribution < -0.4 is 10.4 Å². The number of carbonyl (C=O) groups excluding carboxylic acids is 1. The molecule has 110 valence electrons. The van der Waals surface area contributed by atoms with Crippen molar-refractivity contribution in [3.05, 3.63) is 60.2 Å².